The van der Waals surface area contributed by atoms with Crippen molar-refractivity contribution in [2.24, 2.45) is 0 Å². The average Bonchev–Trinajstić information content (AvgIpc) is 2.69. The summed E-state index contributed by atoms with van der Waals surface area (Å²) in [7, 11) is 1.63. The summed E-state index contributed by atoms with van der Waals surface area (Å²) >= 11 is 5.62. The second-order valence-electron chi connectivity index (χ2n) is 7.10. The van der Waals surface area contributed by atoms with E-state index in [1.54, 1.807) is 7.11 Å². The largest absolute Gasteiger partial charge is 0.495 e. The van der Waals surface area contributed by atoms with Crippen molar-refractivity contribution in [3.63, 3.8) is 0 Å². The van der Waals surface area contributed by atoms with Gasteiger partial charge in [-0.1, -0.05) is 43.3 Å². The van der Waals surface area contributed by atoms with Crippen molar-refractivity contribution >= 4 is 28.9 Å². The van der Waals surface area contributed by atoms with Gasteiger partial charge in [-0.05, 0) is 41.4 Å². The molecule has 2 aromatic carbocycles. The maximum absolute atomic E-state index is 12.8. The lowest BCUT2D eigenvalue weighted by Gasteiger charge is -2.47. The van der Waals surface area contributed by atoms with Gasteiger partial charge in [-0.2, -0.15) is 0 Å². The lowest BCUT2D eigenvalue weighted by molar-refractivity contribution is -0.139. The monoisotopic (exact) mass is 381 g/mol. The summed E-state index contributed by atoms with van der Waals surface area (Å²) in [4.78, 5) is 16.8. The van der Waals surface area contributed by atoms with E-state index in [9.17, 15) is 4.79 Å². The first-order valence-corrected chi connectivity index (χ1v) is 9.56. The maximum atomic E-state index is 12.8. The third-order valence-corrected chi connectivity index (χ3v) is 5.77. The van der Waals surface area contributed by atoms with E-state index in [0.29, 0.717) is 24.1 Å². The van der Waals surface area contributed by atoms with Crippen molar-refractivity contribution in [3.8, 4) is 5.75 Å². The highest BCUT2D eigenvalue weighted by atomic mass is 32.1. The van der Waals surface area contributed by atoms with E-state index >= 15 is 0 Å². The molecule has 1 N–H and O–H groups in total. The fourth-order valence-corrected chi connectivity index (χ4v) is 4.30. The van der Waals surface area contributed by atoms with E-state index in [1.165, 1.54) is 11.1 Å². The summed E-state index contributed by atoms with van der Waals surface area (Å²) in [6.45, 7) is 3.94. The number of methoxy groups -OCH3 is 1. The van der Waals surface area contributed by atoms with Crippen LogP contribution in [0.3, 0.4) is 0 Å². The highest BCUT2D eigenvalue weighted by molar-refractivity contribution is 7.80. The molecule has 2 aliphatic rings. The molecule has 140 valence electrons. The molecule has 6 heteroatoms. The first-order valence-electron chi connectivity index (χ1n) is 9.15. The van der Waals surface area contributed by atoms with Crippen LogP contribution in [0.2, 0.25) is 0 Å². The summed E-state index contributed by atoms with van der Waals surface area (Å²) in [6.07, 6.45) is 0. The van der Waals surface area contributed by atoms with E-state index in [1.807, 2.05) is 40.1 Å². The van der Waals surface area contributed by atoms with Crippen LogP contribution in [-0.2, 0) is 4.79 Å². The molecule has 5 nitrogen and oxygen atoms in total. The van der Waals surface area contributed by atoms with Crippen LogP contribution < -0.4 is 10.1 Å². The number of fused-ring (bicyclic) bond motifs is 3. The molecule has 0 radical (unpaired) electrons. The molecule has 2 aromatic rings. The molecule has 27 heavy (non-hydrogen) atoms. The number of hydrogen-bond donors (Lipinski definition) is 1. The van der Waals surface area contributed by atoms with Crippen LogP contribution >= 0.6 is 12.2 Å². The van der Waals surface area contributed by atoms with Gasteiger partial charge in [-0.3, -0.25) is 4.79 Å². The van der Waals surface area contributed by atoms with E-state index in [-0.39, 0.29) is 11.9 Å². The molecule has 0 aliphatic carbocycles. The minimum absolute atomic E-state index is 0.0380. The van der Waals surface area contributed by atoms with Gasteiger partial charge in [0.15, 0.2) is 5.11 Å². The summed E-state index contributed by atoms with van der Waals surface area (Å²) in [5.74, 6) is 1.20. The summed E-state index contributed by atoms with van der Waals surface area (Å²) in [6, 6.07) is 16.1. The van der Waals surface area contributed by atoms with E-state index in [2.05, 4.69) is 30.4 Å². The molecule has 1 amide bonds. The minimum atomic E-state index is 0.0380. The normalized spacial score (nSPS) is 21.3. The number of rotatable bonds is 2. The molecule has 0 bridgehead atoms. The van der Waals surface area contributed by atoms with Crippen LogP contribution in [0.4, 0.5) is 5.69 Å². The molecule has 1 fully saturated rings. The topological polar surface area (TPSA) is 44.8 Å². The highest BCUT2D eigenvalue weighted by Gasteiger charge is 2.39. The standard InChI is InChI=1S/C21H23N3O2S/c1-14-11-24-18(16-8-4-3-7-15(14)16)12-23(13-20(24)25)21(27)22-17-9-5-6-10-19(17)26-2/h3-10,14,18H,11-13H2,1-2H3,(H,22,27). The van der Waals surface area contributed by atoms with E-state index in [0.717, 1.165) is 18.0 Å². The number of hydrogen-bond acceptors (Lipinski definition) is 3. The molecule has 0 aromatic heterocycles. The molecule has 4 rings (SSSR count). The molecule has 2 aliphatic heterocycles. The van der Waals surface area contributed by atoms with E-state index in [4.69, 9.17) is 17.0 Å². The third-order valence-electron chi connectivity index (χ3n) is 5.41. The van der Waals surface area contributed by atoms with Crippen molar-refractivity contribution in [1.29, 1.82) is 0 Å². The molecule has 0 spiro atoms. The first kappa shape index (κ1) is 17.8. The van der Waals surface area contributed by atoms with Crippen molar-refractivity contribution in [3.05, 3.63) is 59.7 Å². The predicted molar refractivity (Wildman–Crippen MR) is 110 cm³/mol. The number of amides is 1. The Kier molecular flexibility index (Phi) is 4.74. The number of carbonyl (C=O) groups is 1. The number of ether oxygens (including phenoxy) is 1. The number of nitrogens with one attached hydrogen (secondary N) is 1. The Balaban J connectivity index is 1.57. The number of anilines is 1. The van der Waals surface area contributed by atoms with Gasteiger partial charge in [-0.25, -0.2) is 0 Å². The fraction of sp³-hybridized carbons (Fsp3) is 0.333. The van der Waals surface area contributed by atoms with Crippen LogP contribution in [0.15, 0.2) is 48.5 Å². The van der Waals surface area contributed by atoms with Gasteiger partial charge in [-0.15, -0.1) is 0 Å². The number of benzene rings is 2. The van der Waals surface area contributed by atoms with Gasteiger partial charge in [0.1, 0.15) is 5.75 Å². The Labute approximate surface area is 164 Å². The van der Waals surface area contributed by atoms with Gasteiger partial charge < -0.3 is 19.9 Å². The Bertz CT molecular complexity index is 885. The first-order chi connectivity index (χ1) is 13.1. The van der Waals surface area contributed by atoms with Gasteiger partial charge in [0.2, 0.25) is 5.91 Å². The van der Waals surface area contributed by atoms with Gasteiger partial charge >= 0.3 is 0 Å². The minimum Gasteiger partial charge on any atom is -0.495 e. The predicted octanol–water partition coefficient (Wildman–Crippen LogP) is 3.39. The quantitative estimate of drug-likeness (QED) is 0.808. The average molecular weight is 382 g/mol. The van der Waals surface area contributed by atoms with Crippen LogP contribution in [0.1, 0.15) is 30.0 Å². The lowest BCUT2D eigenvalue weighted by Crippen LogP contribution is -2.56. The second-order valence-corrected chi connectivity index (χ2v) is 7.49. The summed E-state index contributed by atoms with van der Waals surface area (Å²) in [5, 5.41) is 3.79. The number of nitrogens with zero attached hydrogens (tertiary/aromatic N) is 2. The fourth-order valence-electron chi connectivity index (χ4n) is 4.05. The number of piperazine rings is 1. The maximum Gasteiger partial charge on any atom is 0.242 e. The highest BCUT2D eigenvalue weighted by Crippen LogP contribution is 2.38. The Morgan fingerprint density at radius 3 is 2.59 bits per heavy atom. The van der Waals surface area contributed by atoms with Crippen molar-refractivity contribution < 1.29 is 9.53 Å². The third kappa shape index (κ3) is 3.25. The molecule has 0 saturated carbocycles. The van der Waals surface area contributed by atoms with Crippen molar-refractivity contribution in [2.75, 3.05) is 32.1 Å². The van der Waals surface area contributed by atoms with Gasteiger partial charge in [0.05, 0.1) is 25.4 Å². The Hall–Kier alpha value is -2.60. The van der Waals surface area contributed by atoms with Gasteiger partial charge in [0.25, 0.3) is 0 Å². The van der Waals surface area contributed by atoms with Crippen molar-refractivity contribution in [2.45, 2.75) is 18.9 Å². The number of thiocarbonyl (C=S) groups is 1. The number of para-hydroxylation sites is 2. The lowest BCUT2D eigenvalue weighted by atomic mass is 9.85. The van der Waals surface area contributed by atoms with Crippen LogP contribution in [-0.4, -0.2) is 47.6 Å². The van der Waals surface area contributed by atoms with Gasteiger partial charge in [0, 0.05) is 13.1 Å². The zero-order valence-electron chi connectivity index (χ0n) is 15.5. The van der Waals surface area contributed by atoms with E-state index < -0.39 is 0 Å². The molecular formula is C21H23N3O2S. The molecule has 2 unspecified atom stereocenters. The molecule has 2 atom stereocenters. The number of carbonyl (C=O) groups excluding carboxylic acids is 1. The molecule has 2 heterocycles. The molecule has 1 saturated heterocycles. The summed E-state index contributed by atoms with van der Waals surface area (Å²) < 4.78 is 5.38. The SMILES string of the molecule is COc1ccccc1NC(=S)N1CC(=O)N2CC(C)c3ccccc3C2C1. The summed E-state index contributed by atoms with van der Waals surface area (Å²) in [5.41, 5.74) is 3.36. The smallest absolute Gasteiger partial charge is 0.242 e. The zero-order valence-corrected chi connectivity index (χ0v) is 16.3. The van der Waals surface area contributed by atoms with Crippen LogP contribution in [0.5, 0.6) is 5.75 Å². The van der Waals surface area contributed by atoms with Crippen molar-refractivity contribution in [1.82, 2.24) is 9.80 Å². The van der Waals surface area contributed by atoms with Crippen LogP contribution in [0, 0.1) is 0 Å². The zero-order chi connectivity index (χ0) is 19.0. The Morgan fingerprint density at radius 1 is 1.11 bits per heavy atom. The Morgan fingerprint density at radius 2 is 1.81 bits per heavy atom. The van der Waals surface area contributed by atoms with Crippen LogP contribution in [0.25, 0.3) is 0 Å². The second kappa shape index (κ2) is 7.19. The molecular weight excluding hydrogens is 358 g/mol.